The summed E-state index contributed by atoms with van der Waals surface area (Å²) in [5.74, 6) is -1.91. The largest absolute Gasteiger partial charge is 0.481 e. The molecular weight excluding hydrogens is 448 g/mol. The number of likely N-dealkylation sites (N-methyl/N-ethyl adjacent to an activating group) is 1. The van der Waals surface area contributed by atoms with Gasteiger partial charge in [-0.1, -0.05) is 62.4 Å². The number of aliphatic carboxylic acids is 1. The van der Waals surface area contributed by atoms with Crippen molar-refractivity contribution in [2.24, 2.45) is 11.3 Å². The summed E-state index contributed by atoms with van der Waals surface area (Å²) in [4.78, 5) is 38.4. The maximum absolute atomic E-state index is 13.1. The van der Waals surface area contributed by atoms with Gasteiger partial charge in [-0.05, 0) is 28.7 Å². The Hall–Kier alpha value is -3.39. The first-order valence-electron chi connectivity index (χ1n) is 11.9. The Bertz CT molecular complexity index is 1070. The van der Waals surface area contributed by atoms with Crippen LogP contribution in [0.15, 0.2) is 48.5 Å². The fourth-order valence-electron chi connectivity index (χ4n) is 5.02. The zero-order valence-electron chi connectivity index (χ0n) is 20.3. The highest BCUT2D eigenvalue weighted by Crippen LogP contribution is 2.44. The number of rotatable bonds is 8. The van der Waals surface area contributed by atoms with Crippen molar-refractivity contribution in [2.45, 2.75) is 32.2 Å². The van der Waals surface area contributed by atoms with E-state index in [1.807, 2.05) is 24.3 Å². The maximum atomic E-state index is 13.1. The fraction of sp³-hybridized carbons (Fsp3) is 0.444. The van der Waals surface area contributed by atoms with Gasteiger partial charge in [0.15, 0.2) is 0 Å². The number of hydrogen-bond donors (Lipinski definition) is 2. The standard InChI is InChI=1S/C27H32N2O6/c1-27(2,25(32)29(3)23-16-34-14-22(23)24(30)31)12-13-28-26(33)35-15-21-19-10-6-4-8-17(19)18-9-5-7-11-20(18)21/h4-11,21-23H,12-16H2,1-3H3,(H,28,33)(H,30,31). The molecule has 1 fully saturated rings. The number of carbonyl (C=O) groups excluding carboxylic acids is 2. The van der Waals surface area contributed by atoms with E-state index in [1.54, 1.807) is 20.9 Å². The molecule has 2 aromatic rings. The lowest BCUT2D eigenvalue weighted by molar-refractivity contribution is -0.147. The second-order valence-corrected chi connectivity index (χ2v) is 9.85. The van der Waals surface area contributed by atoms with Crippen molar-refractivity contribution in [3.05, 3.63) is 59.7 Å². The summed E-state index contributed by atoms with van der Waals surface area (Å²) in [5.41, 5.74) is 3.83. The molecule has 0 bridgehead atoms. The summed E-state index contributed by atoms with van der Waals surface area (Å²) in [7, 11) is 1.61. The van der Waals surface area contributed by atoms with E-state index in [0.29, 0.717) is 6.42 Å². The molecule has 2 N–H and O–H groups in total. The van der Waals surface area contributed by atoms with Gasteiger partial charge in [0.25, 0.3) is 0 Å². The average Bonchev–Trinajstić information content (AvgIpc) is 3.45. The molecule has 186 valence electrons. The SMILES string of the molecule is CN(C(=O)C(C)(C)CCNC(=O)OCC1c2ccccc2-c2ccccc21)C1COCC1C(=O)O. The first-order valence-corrected chi connectivity index (χ1v) is 11.9. The Labute approximate surface area is 205 Å². The van der Waals surface area contributed by atoms with Gasteiger partial charge in [-0.25, -0.2) is 4.79 Å². The minimum absolute atomic E-state index is 0.0179. The Morgan fingerprint density at radius 1 is 1.06 bits per heavy atom. The lowest BCUT2D eigenvalue weighted by Crippen LogP contribution is -2.49. The highest BCUT2D eigenvalue weighted by molar-refractivity contribution is 5.83. The van der Waals surface area contributed by atoms with Gasteiger partial charge >= 0.3 is 12.1 Å². The number of carbonyl (C=O) groups is 3. The van der Waals surface area contributed by atoms with Gasteiger partial charge in [0, 0.05) is 24.9 Å². The third-order valence-electron chi connectivity index (χ3n) is 7.13. The van der Waals surface area contributed by atoms with E-state index in [0.717, 1.165) is 11.1 Å². The molecule has 4 rings (SSSR count). The van der Waals surface area contributed by atoms with Crippen LogP contribution < -0.4 is 5.32 Å². The minimum atomic E-state index is -0.970. The molecule has 1 heterocycles. The van der Waals surface area contributed by atoms with E-state index in [9.17, 15) is 19.5 Å². The Kier molecular flexibility index (Phi) is 7.12. The second-order valence-electron chi connectivity index (χ2n) is 9.85. The number of nitrogens with one attached hydrogen (secondary N) is 1. The Balaban J connectivity index is 1.28. The number of fused-ring (bicyclic) bond motifs is 3. The number of hydrogen-bond acceptors (Lipinski definition) is 5. The Morgan fingerprint density at radius 3 is 2.26 bits per heavy atom. The molecule has 0 aromatic heterocycles. The summed E-state index contributed by atoms with van der Waals surface area (Å²) in [6.45, 7) is 4.36. The number of carboxylic acid groups (broad SMARTS) is 1. The summed E-state index contributed by atoms with van der Waals surface area (Å²) < 4.78 is 10.8. The molecule has 0 spiro atoms. The molecule has 1 aliphatic carbocycles. The topological polar surface area (TPSA) is 105 Å². The summed E-state index contributed by atoms with van der Waals surface area (Å²) in [5, 5.41) is 12.1. The van der Waals surface area contributed by atoms with Crippen molar-refractivity contribution in [3.8, 4) is 11.1 Å². The van der Waals surface area contributed by atoms with E-state index in [-0.39, 0.29) is 38.2 Å². The zero-order valence-corrected chi connectivity index (χ0v) is 20.3. The van der Waals surface area contributed by atoms with Gasteiger partial charge in [0.2, 0.25) is 5.91 Å². The molecular formula is C27H32N2O6. The van der Waals surface area contributed by atoms with Crippen LogP contribution in [-0.2, 0) is 19.1 Å². The molecule has 8 nitrogen and oxygen atoms in total. The number of ether oxygens (including phenoxy) is 2. The normalized spacial score (nSPS) is 19.1. The highest BCUT2D eigenvalue weighted by atomic mass is 16.5. The van der Waals surface area contributed by atoms with Crippen molar-refractivity contribution in [1.29, 1.82) is 0 Å². The second kappa shape index (κ2) is 10.1. The first-order chi connectivity index (χ1) is 16.7. The molecule has 1 aliphatic heterocycles. The van der Waals surface area contributed by atoms with Gasteiger partial charge in [0.1, 0.15) is 12.5 Å². The van der Waals surface area contributed by atoms with E-state index in [1.165, 1.54) is 16.0 Å². The van der Waals surface area contributed by atoms with Crippen LogP contribution in [0.5, 0.6) is 0 Å². The van der Waals surface area contributed by atoms with Crippen molar-refractivity contribution < 1.29 is 29.0 Å². The van der Waals surface area contributed by atoms with Crippen LogP contribution in [0, 0.1) is 11.3 Å². The predicted molar refractivity (Wildman–Crippen MR) is 130 cm³/mol. The van der Waals surface area contributed by atoms with Gasteiger partial charge in [-0.15, -0.1) is 0 Å². The van der Waals surface area contributed by atoms with E-state index in [4.69, 9.17) is 9.47 Å². The first kappa shape index (κ1) is 24.7. The molecule has 2 unspecified atom stereocenters. The molecule has 0 saturated carbocycles. The van der Waals surface area contributed by atoms with Gasteiger partial charge < -0.3 is 24.8 Å². The van der Waals surface area contributed by atoms with Crippen molar-refractivity contribution in [1.82, 2.24) is 10.2 Å². The Morgan fingerprint density at radius 2 is 1.66 bits per heavy atom. The quantitative estimate of drug-likeness (QED) is 0.599. The summed E-state index contributed by atoms with van der Waals surface area (Å²) >= 11 is 0. The van der Waals surface area contributed by atoms with Crippen LogP contribution in [0.2, 0.25) is 0 Å². The number of benzene rings is 2. The van der Waals surface area contributed by atoms with E-state index in [2.05, 4.69) is 29.6 Å². The lowest BCUT2D eigenvalue weighted by atomic mass is 9.86. The van der Waals surface area contributed by atoms with Crippen molar-refractivity contribution in [2.75, 3.05) is 33.4 Å². The van der Waals surface area contributed by atoms with Crippen LogP contribution in [0.3, 0.4) is 0 Å². The molecule has 1 saturated heterocycles. The summed E-state index contributed by atoms with van der Waals surface area (Å²) in [6, 6.07) is 15.8. The molecule has 8 heteroatoms. The van der Waals surface area contributed by atoms with Crippen LogP contribution >= 0.6 is 0 Å². The fourth-order valence-corrected chi connectivity index (χ4v) is 5.02. The van der Waals surface area contributed by atoms with Crippen molar-refractivity contribution >= 4 is 18.0 Å². The zero-order chi connectivity index (χ0) is 25.2. The average molecular weight is 481 g/mol. The highest BCUT2D eigenvalue weighted by Gasteiger charge is 2.42. The summed E-state index contributed by atoms with van der Waals surface area (Å²) in [6.07, 6.45) is -0.148. The van der Waals surface area contributed by atoms with Gasteiger partial charge in [0.05, 0.1) is 19.3 Å². The molecule has 2 aromatic carbocycles. The van der Waals surface area contributed by atoms with Crippen molar-refractivity contribution in [3.63, 3.8) is 0 Å². The van der Waals surface area contributed by atoms with E-state index >= 15 is 0 Å². The minimum Gasteiger partial charge on any atom is -0.481 e. The maximum Gasteiger partial charge on any atom is 0.407 e. The van der Waals surface area contributed by atoms with E-state index < -0.39 is 29.4 Å². The molecule has 2 amide bonds. The van der Waals surface area contributed by atoms with Crippen LogP contribution in [-0.4, -0.2) is 67.4 Å². The number of amides is 2. The molecule has 35 heavy (non-hydrogen) atoms. The monoisotopic (exact) mass is 480 g/mol. The van der Waals surface area contributed by atoms with Crippen LogP contribution in [0.25, 0.3) is 11.1 Å². The van der Waals surface area contributed by atoms with Gasteiger partial charge in [-0.3, -0.25) is 9.59 Å². The van der Waals surface area contributed by atoms with Crippen LogP contribution in [0.1, 0.15) is 37.3 Å². The molecule has 2 aliphatic rings. The third-order valence-corrected chi connectivity index (χ3v) is 7.13. The predicted octanol–water partition coefficient (Wildman–Crippen LogP) is 3.50. The number of carboxylic acids is 1. The number of nitrogens with zero attached hydrogens (tertiary/aromatic N) is 1. The third kappa shape index (κ3) is 5.03. The smallest absolute Gasteiger partial charge is 0.407 e. The number of alkyl carbamates (subject to hydrolysis) is 1. The lowest BCUT2D eigenvalue weighted by Gasteiger charge is -2.34. The molecule has 2 atom stereocenters. The molecule has 0 radical (unpaired) electrons. The van der Waals surface area contributed by atoms with Gasteiger partial charge in [-0.2, -0.15) is 0 Å². The van der Waals surface area contributed by atoms with Crippen LogP contribution in [0.4, 0.5) is 4.79 Å².